The highest BCUT2D eigenvalue weighted by Gasteiger charge is 2.19. The molecule has 0 atom stereocenters. The van der Waals surface area contributed by atoms with Crippen LogP contribution in [0.2, 0.25) is 0 Å². The molecule has 0 radical (unpaired) electrons. The third kappa shape index (κ3) is 4.44. The Bertz CT molecular complexity index is 777. The molecule has 0 spiro atoms. The lowest BCUT2D eigenvalue weighted by atomic mass is 10.2. The molecule has 3 rings (SSSR count). The number of carbonyl (C=O) groups excluding carboxylic acids is 2. The number of amides is 3. The maximum Gasteiger partial charge on any atom is 0.323 e. The Kier molecular flexibility index (Phi) is 5.58. The highest BCUT2D eigenvalue weighted by molar-refractivity contribution is 6.02. The Balaban J connectivity index is 1.66. The van der Waals surface area contributed by atoms with Gasteiger partial charge in [-0.3, -0.25) is 4.79 Å². The van der Waals surface area contributed by atoms with E-state index in [9.17, 15) is 9.59 Å². The molecule has 0 saturated carbocycles. The van der Waals surface area contributed by atoms with Crippen LogP contribution >= 0.6 is 0 Å². The van der Waals surface area contributed by atoms with E-state index >= 15 is 0 Å². The van der Waals surface area contributed by atoms with Gasteiger partial charge < -0.3 is 25.6 Å². The lowest BCUT2D eigenvalue weighted by molar-refractivity contribution is -0.120. The maximum atomic E-state index is 12.3. The number of carbonyl (C=O) groups is 2. The van der Waals surface area contributed by atoms with E-state index in [4.69, 9.17) is 4.74 Å². The zero-order valence-corrected chi connectivity index (χ0v) is 14.6. The lowest BCUT2D eigenvalue weighted by Gasteiger charge is -2.30. The molecule has 7 nitrogen and oxygen atoms in total. The minimum absolute atomic E-state index is 0.0232. The minimum atomic E-state index is -0.344. The number of para-hydroxylation sites is 2. The molecule has 1 heterocycles. The Labute approximate surface area is 152 Å². The van der Waals surface area contributed by atoms with Gasteiger partial charge in [-0.15, -0.1) is 0 Å². The van der Waals surface area contributed by atoms with E-state index in [1.807, 2.05) is 36.1 Å². The zero-order chi connectivity index (χ0) is 18.4. The summed E-state index contributed by atoms with van der Waals surface area (Å²) >= 11 is 0. The molecular formula is C19H22N4O3. The number of piperazine rings is 1. The molecule has 0 bridgehead atoms. The minimum Gasteiger partial charge on any atom is -0.494 e. The molecule has 0 aliphatic carbocycles. The van der Waals surface area contributed by atoms with Gasteiger partial charge in [-0.2, -0.15) is 0 Å². The Morgan fingerprint density at radius 3 is 2.65 bits per heavy atom. The second-order valence-corrected chi connectivity index (χ2v) is 5.83. The van der Waals surface area contributed by atoms with Crippen molar-refractivity contribution in [3.05, 3.63) is 48.5 Å². The fraction of sp³-hybridized carbons (Fsp3) is 0.263. The van der Waals surface area contributed by atoms with Gasteiger partial charge in [-0.05, 0) is 43.3 Å². The third-order valence-corrected chi connectivity index (χ3v) is 3.95. The van der Waals surface area contributed by atoms with E-state index in [-0.39, 0.29) is 18.5 Å². The summed E-state index contributed by atoms with van der Waals surface area (Å²) < 4.78 is 5.39. The highest BCUT2D eigenvalue weighted by atomic mass is 16.5. The average molecular weight is 354 g/mol. The number of hydrogen-bond donors (Lipinski definition) is 3. The summed E-state index contributed by atoms with van der Waals surface area (Å²) in [5, 5.41) is 8.45. The van der Waals surface area contributed by atoms with Crippen LogP contribution in [-0.4, -0.2) is 38.2 Å². The average Bonchev–Trinajstić information content (AvgIpc) is 2.64. The van der Waals surface area contributed by atoms with Crippen LogP contribution in [0.4, 0.5) is 21.9 Å². The van der Waals surface area contributed by atoms with E-state index < -0.39 is 0 Å². The quantitative estimate of drug-likeness (QED) is 0.771. The second kappa shape index (κ2) is 8.24. The largest absolute Gasteiger partial charge is 0.494 e. The number of hydrogen-bond acceptors (Lipinski definition) is 4. The predicted molar refractivity (Wildman–Crippen MR) is 102 cm³/mol. The molecule has 0 unspecified atom stereocenters. The van der Waals surface area contributed by atoms with Crippen LogP contribution in [0, 0.1) is 0 Å². The standard InChI is InChI=1S/C19H22N4O3/c1-2-26-15-9-7-14(8-10-15)21-19(25)22-16-5-3-4-6-17(16)23-12-11-20-18(24)13-23/h3-10H,2,11-13H2,1H3,(H,20,24)(H2,21,22,25). The molecule has 1 saturated heterocycles. The van der Waals surface area contributed by atoms with Gasteiger partial charge in [0.1, 0.15) is 5.75 Å². The van der Waals surface area contributed by atoms with Gasteiger partial charge in [0.25, 0.3) is 0 Å². The summed E-state index contributed by atoms with van der Waals surface area (Å²) in [4.78, 5) is 25.9. The van der Waals surface area contributed by atoms with E-state index in [0.29, 0.717) is 31.1 Å². The number of rotatable bonds is 5. The number of benzene rings is 2. The van der Waals surface area contributed by atoms with Crippen LogP contribution in [0.25, 0.3) is 0 Å². The number of nitrogens with one attached hydrogen (secondary N) is 3. The number of anilines is 3. The van der Waals surface area contributed by atoms with E-state index in [2.05, 4.69) is 16.0 Å². The van der Waals surface area contributed by atoms with Crippen molar-refractivity contribution in [1.82, 2.24) is 5.32 Å². The van der Waals surface area contributed by atoms with Crippen molar-refractivity contribution in [2.24, 2.45) is 0 Å². The van der Waals surface area contributed by atoms with Crippen molar-refractivity contribution in [2.45, 2.75) is 6.92 Å². The molecule has 7 heteroatoms. The van der Waals surface area contributed by atoms with Crippen molar-refractivity contribution in [2.75, 3.05) is 41.8 Å². The van der Waals surface area contributed by atoms with Crippen molar-refractivity contribution in [3.8, 4) is 5.75 Å². The van der Waals surface area contributed by atoms with Gasteiger partial charge in [0.05, 0.1) is 24.5 Å². The molecule has 1 aliphatic heterocycles. The maximum absolute atomic E-state index is 12.3. The lowest BCUT2D eigenvalue weighted by Crippen LogP contribution is -2.48. The van der Waals surface area contributed by atoms with Crippen LogP contribution in [0.5, 0.6) is 5.75 Å². The topological polar surface area (TPSA) is 82.7 Å². The molecule has 2 aromatic carbocycles. The SMILES string of the molecule is CCOc1ccc(NC(=O)Nc2ccccc2N2CCNC(=O)C2)cc1. The van der Waals surface area contributed by atoms with E-state index in [1.54, 1.807) is 24.3 Å². The van der Waals surface area contributed by atoms with E-state index in [0.717, 1.165) is 11.4 Å². The summed E-state index contributed by atoms with van der Waals surface area (Å²) in [7, 11) is 0. The first kappa shape index (κ1) is 17.6. The first-order chi connectivity index (χ1) is 12.7. The Morgan fingerprint density at radius 1 is 1.15 bits per heavy atom. The van der Waals surface area contributed by atoms with E-state index in [1.165, 1.54) is 0 Å². The third-order valence-electron chi connectivity index (χ3n) is 3.95. The monoisotopic (exact) mass is 354 g/mol. The van der Waals surface area contributed by atoms with Crippen molar-refractivity contribution in [1.29, 1.82) is 0 Å². The molecule has 3 amide bonds. The van der Waals surface area contributed by atoms with Crippen molar-refractivity contribution < 1.29 is 14.3 Å². The normalized spacial score (nSPS) is 13.7. The smallest absolute Gasteiger partial charge is 0.323 e. The summed E-state index contributed by atoms with van der Waals surface area (Å²) in [6, 6.07) is 14.3. The van der Waals surface area contributed by atoms with Crippen LogP contribution < -0.4 is 25.6 Å². The molecule has 1 aliphatic rings. The first-order valence-corrected chi connectivity index (χ1v) is 8.57. The van der Waals surface area contributed by atoms with Gasteiger partial charge >= 0.3 is 6.03 Å². The second-order valence-electron chi connectivity index (χ2n) is 5.83. The Morgan fingerprint density at radius 2 is 1.92 bits per heavy atom. The van der Waals surface area contributed by atoms with Gasteiger partial charge in [-0.25, -0.2) is 4.79 Å². The molecule has 0 aromatic heterocycles. The number of ether oxygens (including phenoxy) is 1. The number of urea groups is 1. The highest BCUT2D eigenvalue weighted by Crippen LogP contribution is 2.26. The summed E-state index contributed by atoms with van der Waals surface area (Å²) in [6.45, 7) is 4.08. The fourth-order valence-corrected chi connectivity index (χ4v) is 2.79. The first-order valence-electron chi connectivity index (χ1n) is 8.57. The van der Waals surface area contributed by atoms with Gasteiger partial charge in [0, 0.05) is 18.8 Å². The molecule has 26 heavy (non-hydrogen) atoms. The molecular weight excluding hydrogens is 332 g/mol. The van der Waals surface area contributed by atoms with Crippen LogP contribution in [0.15, 0.2) is 48.5 Å². The number of nitrogens with zero attached hydrogens (tertiary/aromatic N) is 1. The zero-order valence-electron chi connectivity index (χ0n) is 14.6. The molecule has 136 valence electrons. The van der Waals surface area contributed by atoms with Crippen LogP contribution in [-0.2, 0) is 4.79 Å². The summed E-state index contributed by atoms with van der Waals surface area (Å²) in [6.07, 6.45) is 0. The van der Waals surface area contributed by atoms with Crippen LogP contribution in [0.3, 0.4) is 0 Å². The van der Waals surface area contributed by atoms with Gasteiger partial charge in [0.15, 0.2) is 0 Å². The predicted octanol–water partition coefficient (Wildman–Crippen LogP) is 2.67. The van der Waals surface area contributed by atoms with Crippen molar-refractivity contribution in [3.63, 3.8) is 0 Å². The van der Waals surface area contributed by atoms with Gasteiger partial charge in [0.2, 0.25) is 5.91 Å². The van der Waals surface area contributed by atoms with Gasteiger partial charge in [-0.1, -0.05) is 12.1 Å². The Hall–Kier alpha value is -3.22. The molecule has 2 aromatic rings. The fourth-order valence-electron chi connectivity index (χ4n) is 2.79. The molecule has 1 fully saturated rings. The summed E-state index contributed by atoms with van der Waals surface area (Å²) in [5.41, 5.74) is 2.15. The summed E-state index contributed by atoms with van der Waals surface area (Å²) in [5.74, 6) is 0.733. The van der Waals surface area contributed by atoms with Crippen LogP contribution in [0.1, 0.15) is 6.92 Å². The molecule has 3 N–H and O–H groups in total. The van der Waals surface area contributed by atoms with Crippen molar-refractivity contribution >= 4 is 29.0 Å².